The number of carbonyl (C=O) groups excluding carboxylic acids is 2. The smallest absolute Gasteiger partial charge is 0.236 e. The van der Waals surface area contributed by atoms with E-state index in [9.17, 15) is 9.59 Å². The fourth-order valence-corrected chi connectivity index (χ4v) is 4.73. The van der Waals surface area contributed by atoms with Gasteiger partial charge in [-0.15, -0.1) is 0 Å². The van der Waals surface area contributed by atoms with Gasteiger partial charge in [-0.05, 0) is 49.2 Å². The van der Waals surface area contributed by atoms with Crippen LogP contribution in [0.1, 0.15) is 29.7 Å². The molecule has 1 fully saturated rings. The fraction of sp³-hybridized carbons (Fsp3) is 0.458. The molecule has 1 aromatic carbocycles. The minimum absolute atomic E-state index is 0.0354. The van der Waals surface area contributed by atoms with Crippen molar-refractivity contribution in [3.05, 3.63) is 65.5 Å². The zero-order chi connectivity index (χ0) is 21.1. The molecule has 158 valence electrons. The molecule has 0 unspecified atom stereocenters. The van der Waals surface area contributed by atoms with Crippen molar-refractivity contribution in [3.8, 4) is 0 Å². The summed E-state index contributed by atoms with van der Waals surface area (Å²) < 4.78 is 0. The number of carbonyl (C=O) groups is 2. The molecule has 2 amide bonds. The summed E-state index contributed by atoms with van der Waals surface area (Å²) in [5, 5.41) is 0. The number of hydrogen-bond donors (Lipinski definition) is 0. The second kappa shape index (κ2) is 8.56. The molecule has 0 N–H and O–H groups in total. The Morgan fingerprint density at radius 3 is 2.50 bits per heavy atom. The van der Waals surface area contributed by atoms with Crippen LogP contribution in [0.15, 0.2) is 48.7 Å². The first-order chi connectivity index (χ1) is 14.5. The Kier molecular flexibility index (Phi) is 5.86. The maximum atomic E-state index is 13.1. The van der Waals surface area contributed by atoms with Crippen molar-refractivity contribution < 1.29 is 9.59 Å². The summed E-state index contributed by atoms with van der Waals surface area (Å²) in [6.07, 6.45) is 3.99. The summed E-state index contributed by atoms with van der Waals surface area (Å²) in [4.78, 5) is 35.5. The normalized spacial score (nSPS) is 18.1. The van der Waals surface area contributed by atoms with Crippen LogP contribution in [0.2, 0.25) is 0 Å². The molecule has 0 aliphatic carbocycles. The van der Waals surface area contributed by atoms with Crippen molar-refractivity contribution >= 4 is 11.8 Å². The van der Waals surface area contributed by atoms with Gasteiger partial charge in [0.2, 0.25) is 11.8 Å². The van der Waals surface area contributed by atoms with E-state index in [4.69, 9.17) is 0 Å². The number of hydrogen-bond acceptors (Lipinski definition) is 4. The predicted octanol–water partition coefficient (Wildman–Crippen LogP) is 2.09. The van der Waals surface area contributed by atoms with E-state index < -0.39 is 0 Å². The molecular weight excluding hydrogens is 376 g/mol. The van der Waals surface area contributed by atoms with Crippen molar-refractivity contribution in [1.29, 1.82) is 0 Å². The van der Waals surface area contributed by atoms with Crippen molar-refractivity contribution in [1.82, 2.24) is 19.7 Å². The molecule has 30 heavy (non-hydrogen) atoms. The third kappa shape index (κ3) is 4.24. The molecule has 0 saturated carbocycles. The quantitative estimate of drug-likeness (QED) is 0.780. The third-order valence-corrected chi connectivity index (χ3v) is 6.53. The molecule has 6 heteroatoms. The average molecular weight is 407 g/mol. The van der Waals surface area contributed by atoms with Crippen LogP contribution >= 0.6 is 0 Å². The number of likely N-dealkylation sites (tertiary alicyclic amines) is 1. The van der Waals surface area contributed by atoms with Crippen LogP contribution in [0.25, 0.3) is 0 Å². The number of benzene rings is 1. The van der Waals surface area contributed by atoms with E-state index >= 15 is 0 Å². The summed E-state index contributed by atoms with van der Waals surface area (Å²) in [6.45, 7) is 3.61. The lowest BCUT2D eigenvalue weighted by Gasteiger charge is -2.48. The number of aromatic nitrogens is 1. The highest BCUT2D eigenvalue weighted by Gasteiger charge is 2.43. The zero-order valence-electron chi connectivity index (χ0n) is 17.9. The number of amides is 2. The standard InChI is InChI=1S/C24H30N4O2/c1-26(2)23(30)17-27-13-10-24(11-14-27)18-28(16-19-7-3-4-9-21(19)24)22(29)15-20-8-5-6-12-25-20/h3-9,12H,10-11,13-18H2,1-2H3. The van der Waals surface area contributed by atoms with Gasteiger partial charge in [0.05, 0.1) is 13.0 Å². The summed E-state index contributed by atoms with van der Waals surface area (Å²) in [5.74, 6) is 0.273. The highest BCUT2D eigenvalue weighted by Crippen LogP contribution is 2.41. The summed E-state index contributed by atoms with van der Waals surface area (Å²) in [6, 6.07) is 14.3. The second-order valence-corrected chi connectivity index (χ2v) is 8.75. The van der Waals surface area contributed by atoms with E-state index in [1.54, 1.807) is 25.2 Å². The van der Waals surface area contributed by atoms with Crippen LogP contribution in [-0.2, 0) is 28.0 Å². The van der Waals surface area contributed by atoms with Crippen LogP contribution in [0.5, 0.6) is 0 Å². The largest absolute Gasteiger partial charge is 0.348 e. The fourth-order valence-electron chi connectivity index (χ4n) is 4.73. The number of nitrogens with zero attached hydrogens (tertiary/aromatic N) is 4. The highest BCUT2D eigenvalue weighted by atomic mass is 16.2. The Morgan fingerprint density at radius 1 is 1.07 bits per heavy atom. The lowest BCUT2D eigenvalue weighted by atomic mass is 9.68. The SMILES string of the molecule is CN(C)C(=O)CN1CCC2(CC1)CN(C(=O)Cc1ccccn1)Cc1ccccc12. The summed E-state index contributed by atoms with van der Waals surface area (Å²) in [7, 11) is 3.60. The lowest BCUT2D eigenvalue weighted by Crippen LogP contribution is -2.54. The van der Waals surface area contributed by atoms with Crippen LogP contribution in [0, 0.1) is 0 Å². The van der Waals surface area contributed by atoms with E-state index in [1.165, 1.54) is 11.1 Å². The highest BCUT2D eigenvalue weighted by molar-refractivity contribution is 5.79. The number of rotatable bonds is 4. The van der Waals surface area contributed by atoms with Crippen LogP contribution in [0.3, 0.4) is 0 Å². The Morgan fingerprint density at radius 2 is 1.80 bits per heavy atom. The molecule has 3 heterocycles. The van der Waals surface area contributed by atoms with Crippen LogP contribution < -0.4 is 0 Å². The van der Waals surface area contributed by atoms with Gasteiger partial charge in [0, 0.05) is 44.5 Å². The molecule has 4 rings (SSSR count). The molecular formula is C24H30N4O2. The van der Waals surface area contributed by atoms with E-state index in [-0.39, 0.29) is 17.2 Å². The number of pyridine rings is 1. The minimum Gasteiger partial charge on any atom is -0.348 e. The Bertz CT molecular complexity index is 904. The Balaban J connectivity index is 1.51. The third-order valence-electron chi connectivity index (χ3n) is 6.53. The summed E-state index contributed by atoms with van der Waals surface area (Å²) in [5.41, 5.74) is 3.40. The zero-order valence-corrected chi connectivity index (χ0v) is 17.9. The first kappa shape index (κ1) is 20.5. The average Bonchev–Trinajstić information content (AvgIpc) is 2.76. The van der Waals surface area contributed by atoms with Crippen LogP contribution in [-0.4, -0.2) is 71.8 Å². The van der Waals surface area contributed by atoms with Crippen molar-refractivity contribution in [2.24, 2.45) is 0 Å². The number of fused-ring (bicyclic) bond motifs is 2. The van der Waals surface area contributed by atoms with Crippen molar-refractivity contribution in [2.75, 3.05) is 40.3 Å². The molecule has 0 bridgehead atoms. The van der Waals surface area contributed by atoms with E-state index in [1.807, 2.05) is 23.1 Å². The molecule has 6 nitrogen and oxygen atoms in total. The van der Waals surface area contributed by atoms with Crippen LogP contribution in [0.4, 0.5) is 0 Å². The number of piperidine rings is 1. The second-order valence-electron chi connectivity index (χ2n) is 8.75. The lowest BCUT2D eigenvalue weighted by molar-refractivity contribution is -0.133. The molecule has 1 saturated heterocycles. The van der Waals surface area contributed by atoms with Gasteiger partial charge in [0.1, 0.15) is 0 Å². The molecule has 1 aromatic heterocycles. The van der Waals surface area contributed by atoms with Gasteiger partial charge in [-0.1, -0.05) is 30.3 Å². The Labute approximate surface area is 178 Å². The topological polar surface area (TPSA) is 56.8 Å². The maximum Gasteiger partial charge on any atom is 0.236 e. The van der Waals surface area contributed by atoms with Gasteiger partial charge in [-0.2, -0.15) is 0 Å². The molecule has 0 atom stereocenters. The molecule has 1 spiro atoms. The first-order valence-corrected chi connectivity index (χ1v) is 10.7. The van der Waals surface area contributed by atoms with Crippen molar-refractivity contribution in [3.63, 3.8) is 0 Å². The molecule has 2 aliphatic heterocycles. The summed E-state index contributed by atoms with van der Waals surface area (Å²) >= 11 is 0. The minimum atomic E-state index is -0.0354. The van der Waals surface area contributed by atoms with E-state index in [2.05, 4.69) is 34.1 Å². The monoisotopic (exact) mass is 406 g/mol. The Hall–Kier alpha value is -2.73. The predicted molar refractivity (Wildman–Crippen MR) is 116 cm³/mol. The number of likely N-dealkylation sites (N-methyl/N-ethyl adjacent to an activating group) is 1. The van der Waals surface area contributed by atoms with Crippen molar-refractivity contribution in [2.45, 2.75) is 31.2 Å². The molecule has 2 aromatic rings. The van der Waals surface area contributed by atoms with E-state index in [0.29, 0.717) is 19.5 Å². The molecule has 0 radical (unpaired) electrons. The van der Waals surface area contributed by atoms with E-state index in [0.717, 1.165) is 38.2 Å². The van der Waals surface area contributed by atoms with Gasteiger partial charge in [-0.25, -0.2) is 0 Å². The van der Waals surface area contributed by atoms with Gasteiger partial charge in [-0.3, -0.25) is 19.5 Å². The molecule has 2 aliphatic rings. The van der Waals surface area contributed by atoms with Gasteiger partial charge in [0.25, 0.3) is 0 Å². The first-order valence-electron chi connectivity index (χ1n) is 10.7. The van der Waals surface area contributed by atoms with Gasteiger partial charge < -0.3 is 9.80 Å². The van der Waals surface area contributed by atoms with Gasteiger partial charge >= 0.3 is 0 Å². The maximum absolute atomic E-state index is 13.1. The van der Waals surface area contributed by atoms with Gasteiger partial charge in [0.15, 0.2) is 0 Å².